The highest BCUT2D eigenvalue weighted by molar-refractivity contribution is 14.0. The normalized spacial score (nSPS) is 17.3. The predicted octanol–water partition coefficient (Wildman–Crippen LogP) is 3.32. The number of aryl methyl sites for hydroxylation is 1. The summed E-state index contributed by atoms with van der Waals surface area (Å²) in [5.74, 6) is 2.58. The molecular weight excluding hydrogens is 429 g/mol. The molecule has 142 valence electrons. The summed E-state index contributed by atoms with van der Waals surface area (Å²) in [4.78, 5) is 6.72. The lowest BCUT2D eigenvalue weighted by molar-refractivity contribution is 0.157. The summed E-state index contributed by atoms with van der Waals surface area (Å²) in [6.07, 6.45) is 3.28. The lowest BCUT2D eigenvalue weighted by atomic mass is 10.1. The Morgan fingerprint density at radius 2 is 2.04 bits per heavy atom. The highest BCUT2D eigenvalue weighted by Crippen LogP contribution is 2.16. The molecule has 0 spiro atoms. The van der Waals surface area contributed by atoms with E-state index in [1.54, 1.807) is 7.11 Å². The Balaban J connectivity index is 0.00000312. The van der Waals surface area contributed by atoms with Crippen molar-refractivity contribution in [1.29, 1.82) is 0 Å². The number of unbranched alkanes of at least 4 members (excludes halogenated alkanes) is 1. The van der Waals surface area contributed by atoms with Crippen LogP contribution in [0.5, 0.6) is 5.75 Å². The van der Waals surface area contributed by atoms with Crippen molar-refractivity contribution in [1.82, 2.24) is 10.2 Å². The zero-order chi connectivity index (χ0) is 17.2. The number of likely N-dealkylation sites (tertiary alicyclic amines) is 1. The predicted molar refractivity (Wildman–Crippen MR) is 114 cm³/mol. The molecule has 1 aliphatic rings. The number of ether oxygens (including phenoxy) is 2. The van der Waals surface area contributed by atoms with Gasteiger partial charge in [0.15, 0.2) is 5.96 Å². The van der Waals surface area contributed by atoms with Crippen LogP contribution in [-0.2, 0) is 4.74 Å². The molecule has 1 unspecified atom stereocenters. The van der Waals surface area contributed by atoms with Crippen molar-refractivity contribution < 1.29 is 9.47 Å². The third kappa shape index (κ3) is 7.81. The number of halogens is 1. The van der Waals surface area contributed by atoms with E-state index in [1.807, 2.05) is 19.2 Å². The van der Waals surface area contributed by atoms with Gasteiger partial charge in [-0.15, -0.1) is 24.0 Å². The Bertz CT molecular complexity index is 508. The molecule has 1 aliphatic heterocycles. The molecule has 1 fully saturated rings. The number of hydrogen-bond acceptors (Lipinski definition) is 3. The van der Waals surface area contributed by atoms with Crippen molar-refractivity contribution in [3.05, 3.63) is 29.8 Å². The minimum Gasteiger partial charge on any atom is -0.494 e. The van der Waals surface area contributed by atoms with Gasteiger partial charge in [0, 0.05) is 39.7 Å². The highest BCUT2D eigenvalue weighted by Gasteiger charge is 2.24. The molecule has 1 N–H and O–H groups in total. The number of aliphatic imine (C=N–C) groups is 1. The zero-order valence-electron chi connectivity index (χ0n) is 15.7. The molecule has 0 radical (unpaired) electrons. The van der Waals surface area contributed by atoms with Crippen molar-refractivity contribution in [2.75, 3.05) is 47.0 Å². The van der Waals surface area contributed by atoms with E-state index in [9.17, 15) is 0 Å². The fourth-order valence-electron chi connectivity index (χ4n) is 2.98. The number of guanidine groups is 1. The van der Waals surface area contributed by atoms with E-state index in [4.69, 9.17) is 9.47 Å². The smallest absolute Gasteiger partial charge is 0.193 e. The van der Waals surface area contributed by atoms with E-state index >= 15 is 0 Å². The molecule has 0 bridgehead atoms. The van der Waals surface area contributed by atoms with Gasteiger partial charge >= 0.3 is 0 Å². The largest absolute Gasteiger partial charge is 0.494 e. The van der Waals surface area contributed by atoms with Crippen LogP contribution < -0.4 is 10.1 Å². The number of hydrogen-bond donors (Lipinski definition) is 1. The first-order valence-electron chi connectivity index (χ1n) is 8.87. The lowest BCUT2D eigenvalue weighted by Crippen LogP contribution is -2.40. The van der Waals surface area contributed by atoms with E-state index in [0.717, 1.165) is 57.4 Å². The van der Waals surface area contributed by atoms with Gasteiger partial charge in [-0.1, -0.05) is 17.7 Å². The molecule has 2 rings (SSSR count). The van der Waals surface area contributed by atoms with Crippen LogP contribution in [-0.4, -0.2) is 57.9 Å². The molecule has 1 saturated heterocycles. The third-order valence-corrected chi connectivity index (χ3v) is 4.34. The molecule has 0 aromatic heterocycles. The molecule has 1 aromatic rings. The quantitative estimate of drug-likeness (QED) is 0.279. The molecule has 6 heteroatoms. The fraction of sp³-hybridized carbons (Fsp3) is 0.632. The van der Waals surface area contributed by atoms with Gasteiger partial charge < -0.3 is 19.7 Å². The average molecular weight is 461 g/mol. The fourth-order valence-corrected chi connectivity index (χ4v) is 2.98. The molecule has 1 heterocycles. The van der Waals surface area contributed by atoms with Gasteiger partial charge in [0.1, 0.15) is 5.75 Å². The van der Waals surface area contributed by atoms with Gasteiger partial charge in [-0.05, 0) is 38.3 Å². The summed E-state index contributed by atoms with van der Waals surface area (Å²) >= 11 is 0. The van der Waals surface area contributed by atoms with Crippen molar-refractivity contribution in [3.8, 4) is 5.75 Å². The average Bonchev–Trinajstić information content (AvgIpc) is 3.05. The number of rotatable bonds is 8. The van der Waals surface area contributed by atoms with Crippen LogP contribution in [0.25, 0.3) is 0 Å². The van der Waals surface area contributed by atoms with Gasteiger partial charge in [0.05, 0.1) is 13.2 Å². The summed E-state index contributed by atoms with van der Waals surface area (Å²) in [6.45, 7) is 6.69. The molecule has 1 atom stereocenters. The second-order valence-corrected chi connectivity index (χ2v) is 6.40. The molecule has 0 saturated carbocycles. The summed E-state index contributed by atoms with van der Waals surface area (Å²) in [6, 6.07) is 8.21. The highest BCUT2D eigenvalue weighted by atomic mass is 127. The van der Waals surface area contributed by atoms with Crippen LogP contribution >= 0.6 is 24.0 Å². The molecule has 1 aromatic carbocycles. The van der Waals surface area contributed by atoms with E-state index in [0.29, 0.717) is 5.92 Å². The van der Waals surface area contributed by atoms with Crippen LogP contribution in [0.3, 0.4) is 0 Å². The SMILES string of the molecule is CN=C(NCCCCOc1ccc(C)cc1)N1CCC(COC)C1.I. The number of methoxy groups -OCH3 is 1. The van der Waals surface area contributed by atoms with Gasteiger partial charge in [-0.2, -0.15) is 0 Å². The Hall–Kier alpha value is -1.02. The summed E-state index contributed by atoms with van der Waals surface area (Å²) in [7, 11) is 3.63. The minimum atomic E-state index is 0. The van der Waals surface area contributed by atoms with Crippen molar-refractivity contribution in [3.63, 3.8) is 0 Å². The monoisotopic (exact) mass is 461 g/mol. The number of nitrogens with zero attached hydrogens (tertiary/aromatic N) is 2. The Morgan fingerprint density at radius 3 is 2.72 bits per heavy atom. The van der Waals surface area contributed by atoms with Gasteiger partial charge in [-0.3, -0.25) is 4.99 Å². The van der Waals surface area contributed by atoms with Gasteiger partial charge in [-0.25, -0.2) is 0 Å². The molecular formula is C19H32IN3O2. The molecule has 5 nitrogen and oxygen atoms in total. The zero-order valence-corrected chi connectivity index (χ0v) is 18.0. The maximum absolute atomic E-state index is 5.75. The molecule has 0 amide bonds. The first kappa shape index (κ1) is 22.0. The van der Waals surface area contributed by atoms with Crippen molar-refractivity contribution in [2.24, 2.45) is 10.9 Å². The standard InChI is InChI=1S/C19H31N3O2.HI/c1-16-6-8-18(9-7-16)24-13-5-4-11-21-19(20-2)22-12-10-17(14-22)15-23-3;/h6-9,17H,4-5,10-15H2,1-3H3,(H,20,21);1H. The Labute approximate surface area is 169 Å². The second-order valence-electron chi connectivity index (χ2n) is 6.40. The van der Waals surface area contributed by atoms with E-state index in [2.05, 4.69) is 34.3 Å². The van der Waals surface area contributed by atoms with Gasteiger partial charge in [0.25, 0.3) is 0 Å². The van der Waals surface area contributed by atoms with E-state index < -0.39 is 0 Å². The van der Waals surface area contributed by atoms with Crippen molar-refractivity contribution >= 4 is 29.9 Å². The van der Waals surface area contributed by atoms with Crippen LogP contribution in [0.1, 0.15) is 24.8 Å². The first-order chi connectivity index (χ1) is 11.7. The lowest BCUT2D eigenvalue weighted by Gasteiger charge is -2.21. The summed E-state index contributed by atoms with van der Waals surface area (Å²) < 4.78 is 11.0. The van der Waals surface area contributed by atoms with Crippen LogP contribution in [0.15, 0.2) is 29.3 Å². The van der Waals surface area contributed by atoms with E-state index in [1.165, 1.54) is 12.0 Å². The second kappa shape index (κ2) is 12.4. The Kier molecular flexibility index (Phi) is 10.9. The number of benzene rings is 1. The molecule has 25 heavy (non-hydrogen) atoms. The first-order valence-corrected chi connectivity index (χ1v) is 8.87. The van der Waals surface area contributed by atoms with Crippen molar-refractivity contribution in [2.45, 2.75) is 26.2 Å². The third-order valence-electron chi connectivity index (χ3n) is 4.34. The Morgan fingerprint density at radius 1 is 1.28 bits per heavy atom. The summed E-state index contributed by atoms with van der Waals surface area (Å²) in [5.41, 5.74) is 1.26. The summed E-state index contributed by atoms with van der Waals surface area (Å²) in [5, 5.41) is 3.46. The molecule has 0 aliphatic carbocycles. The van der Waals surface area contributed by atoms with Crippen LogP contribution in [0.2, 0.25) is 0 Å². The van der Waals surface area contributed by atoms with Crippen LogP contribution in [0, 0.1) is 12.8 Å². The van der Waals surface area contributed by atoms with E-state index in [-0.39, 0.29) is 24.0 Å². The maximum atomic E-state index is 5.75. The van der Waals surface area contributed by atoms with Crippen LogP contribution in [0.4, 0.5) is 0 Å². The van der Waals surface area contributed by atoms with Gasteiger partial charge in [0.2, 0.25) is 0 Å². The maximum Gasteiger partial charge on any atom is 0.193 e. The number of nitrogens with one attached hydrogen (secondary N) is 1. The minimum absolute atomic E-state index is 0. The topological polar surface area (TPSA) is 46.1 Å².